The summed E-state index contributed by atoms with van der Waals surface area (Å²) in [5.41, 5.74) is 6.63. The van der Waals surface area contributed by atoms with Crippen LogP contribution in [0.3, 0.4) is 0 Å². The number of thiophene rings is 1. The van der Waals surface area contributed by atoms with E-state index in [2.05, 4.69) is 0 Å². The molecule has 1 aromatic heterocycles. The summed E-state index contributed by atoms with van der Waals surface area (Å²) in [6, 6.07) is 1.90. The molecule has 6 heteroatoms. The van der Waals surface area contributed by atoms with E-state index in [-0.39, 0.29) is 6.04 Å². The van der Waals surface area contributed by atoms with Crippen LogP contribution < -0.4 is 5.73 Å². The first kappa shape index (κ1) is 15.9. The molecular formula is C14H24N2O2S2. The summed E-state index contributed by atoms with van der Waals surface area (Å²) in [6.07, 6.45) is 6.65. The molecule has 1 saturated carbocycles. The maximum absolute atomic E-state index is 12.7. The van der Waals surface area contributed by atoms with Gasteiger partial charge in [0, 0.05) is 24.5 Å². The Morgan fingerprint density at radius 2 is 1.90 bits per heavy atom. The highest BCUT2D eigenvalue weighted by atomic mass is 32.2. The van der Waals surface area contributed by atoms with Crippen molar-refractivity contribution in [2.75, 3.05) is 7.05 Å². The van der Waals surface area contributed by atoms with Crippen LogP contribution in [0.4, 0.5) is 0 Å². The molecule has 0 saturated heterocycles. The fourth-order valence-corrected chi connectivity index (χ4v) is 5.85. The van der Waals surface area contributed by atoms with Crippen LogP contribution in [0.25, 0.3) is 0 Å². The second-order valence-corrected chi connectivity index (χ2v) is 8.90. The van der Waals surface area contributed by atoms with E-state index < -0.39 is 10.0 Å². The van der Waals surface area contributed by atoms with Crippen LogP contribution >= 0.6 is 11.3 Å². The van der Waals surface area contributed by atoms with Gasteiger partial charge in [-0.1, -0.05) is 25.7 Å². The van der Waals surface area contributed by atoms with Gasteiger partial charge >= 0.3 is 0 Å². The van der Waals surface area contributed by atoms with Crippen molar-refractivity contribution in [3.63, 3.8) is 0 Å². The Kier molecular flexibility index (Phi) is 5.23. The lowest BCUT2D eigenvalue weighted by atomic mass is 10.1. The summed E-state index contributed by atoms with van der Waals surface area (Å²) in [7, 11) is -1.65. The zero-order valence-electron chi connectivity index (χ0n) is 12.3. The van der Waals surface area contributed by atoms with E-state index in [9.17, 15) is 8.42 Å². The molecule has 0 radical (unpaired) electrons. The van der Waals surface area contributed by atoms with Crippen LogP contribution in [0.2, 0.25) is 0 Å². The summed E-state index contributed by atoms with van der Waals surface area (Å²) in [5.74, 6) is 0. The summed E-state index contributed by atoms with van der Waals surface area (Å²) in [5, 5.41) is 0. The van der Waals surface area contributed by atoms with Crippen molar-refractivity contribution in [1.82, 2.24) is 4.31 Å². The monoisotopic (exact) mass is 316 g/mol. The highest BCUT2D eigenvalue weighted by molar-refractivity contribution is 7.91. The lowest BCUT2D eigenvalue weighted by molar-refractivity contribution is 0.336. The predicted octanol–water partition coefficient (Wildman–Crippen LogP) is 2.86. The maximum Gasteiger partial charge on any atom is 0.252 e. The average Bonchev–Trinajstić information content (AvgIpc) is 2.65. The summed E-state index contributed by atoms with van der Waals surface area (Å²) < 4.78 is 27.5. The van der Waals surface area contributed by atoms with Gasteiger partial charge in [0.15, 0.2) is 0 Å². The molecular weight excluding hydrogens is 292 g/mol. The number of nitrogens with zero attached hydrogens (tertiary/aromatic N) is 1. The van der Waals surface area contributed by atoms with E-state index >= 15 is 0 Å². The normalized spacial score (nSPS) is 18.4. The molecule has 0 unspecified atom stereocenters. The molecule has 2 rings (SSSR count). The molecule has 20 heavy (non-hydrogen) atoms. The Morgan fingerprint density at radius 3 is 2.40 bits per heavy atom. The minimum absolute atomic E-state index is 0.145. The summed E-state index contributed by atoms with van der Waals surface area (Å²) in [6.45, 7) is 2.32. The zero-order chi connectivity index (χ0) is 14.8. The SMILES string of the molecule is Cc1cc(S(=O)(=O)N(C)C2CCCCCC2)sc1CN. The maximum atomic E-state index is 12.7. The number of sulfonamides is 1. The molecule has 1 fully saturated rings. The first-order valence-corrected chi connectivity index (χ1v) is 9.50. The van der Waals surface area contributed by atoms with Gasteiger partial charge in [-0.25, -0.2) is 8.42 Å². The average molecular weight is 316 g/mol. The van der Waals surface area contributed by atoms with Gasteiger partial charge in [-0.3, -0.25) is 0 Å². The highest BCUT2D eigenvalue weighted by Crippen LogP contribution is 2.31. The molecule has 0 aliphatic heterocycles. The molecule has 0 atom stereocenters. The Bertz CT molecular complexity index is 544. The quantitative estimate of drug-likeness (QED) is 0.869. The molecule has 2 N–H and O–H groups in total. The van der Waals surface area contributed by atoms with Crippen molar-refractivity contribution in [3.05, 3.63) is 16.5 Å². The van der Waals surface area contributed by atoms with E-state index in [1.807, 2.05) is 6.92 Å². The van der Waals surface area contributed by atoms with Gasteiger partial charge in [-0.2, -0.15) is 4.31 Å². The third-order valence-corrected chi connectivity index (χ3v) is 7.77. The Labute approximate surface area is 126 Å². The Balaban J connectivity index is 2.23. The van der Waals surface area contributed by atoms with E-state index in [0.717, 1.165) is 36.1 Å². The lowest BCUT2D eigenvalue weighted by Gasteiger charge is -2.25. The van der Waals surface area contributed by atoms with Gasteiger partial charge in [0.05, 0.1) is 0 Å². The van der Waals surface area contributed by atoms with Gasteiger partial charge in [-0.15, -0.1) is 11.3 Å². The number of nitrogens with two attached hydrogens (primary N) is 1. The predicted molar refractivity (Wildman–Crippen MR) is 83.4 cm³/mol. The van der Waals surface area contributed by atoms with Crippen molar-refractivity contribution in [2.24, 2.45) is 5.73 Å². The molecule has 1 aliphatic carbocycles. The molecule has 0 aromatic carbocycles. The number of hydrogen-bond acceptors (Lipinski definition) is 4. The van der Waals surface area contributed by atoms with Gasteiger partial charge in [0.2, 0.25) is 0 Å². The standard InChI is InChI=1S/C14H24N2O2S2/c1-11-9-14(19-13(11)10-15)20(17,18)16(2)12-7-5-3-4-6-8-12/h9,12H,3-8,10,15H2,1-2H3. The number of hydrogen-bond donors (Lipinski definition) is 1. The van der Waals surface area contributed by atoms with Crippen molar-refractivity contribution in [3.8, 4) is 0 Å². The van der Waals surface area contributed by atoms with Crippen LogP contribution in [-0.4, -0.2) is 25.8 Å². The topological polar surface area (TPSA) is 63.4 Å². The van der Waals surface area contributed by atoms with Crippen molar-refractivity contribution >= 4 is 21.4 Å². The molecule has 1 aromatic rings. The van der Waals surface area contributed by atoms with Crippen LogP contribution in [-0.2, 0) is 16.6 Å². The summed E-state index contributed by atoms with van der Waals surface area (Å²) in [4.78, 5) is 0.956. The fourth-order valence-electron chi connectivity index (χ4n) is 2.78. The molecule has 0 spiro atoms. The molecule has 1 aliphatic rings. The van der Waals surface area contributed by atoms with Crippen molar-refractivity contribution in [2.45, 2.75) is 62.2 Å². The van der Waals surface area contributed by atoms with Crippen molar-refractivity contribution < 1.29 is 8.42 Å². The zero-order valence-corrected chi connectivity index (χ0v) is 13.9. The van der Waals surface area contributed by atoms with Crippen LogP contribution in [0.1, 0.15) is 49.0 Å². The number of aryl methyl sites for hydroxylation is 1. The third kappa shape index (κ3) is 3.24. The third-order valence-electron chi connectivity index (χ3n) is 4.16. The first-order chi connectivity index (χ1) is 9.46. The van der Waals surface area contributed by atoms with Crippen molar-refractivity contribution in [1.29, 1.82) is 0 Å². The van der Waals surface area contributed by atoms with Gasteiger partial charge < -0.3 is 5.73 Å². The molecule has 1 heterocycles. The minimum atomic E-state index is -3.37. The van der Waals surface area contributed by atoms with Gasteiger partial charge in [0.1, 0.15) is 4.21 Å². The highest BCUT2D eigenvalue weighted by Gasteiger charge is 2.30. The molecule has 114 valence electrons. The fraction of sp³-hybridized carbons (Fsp3) is 0.714. The second-order valence-electron chi connectivity index (χ2n) is 5.54. The first-order valence-electron chi connectivity index (χ1n) is 7.24. The smallest absolute Gasteiger partial charge is 0.252 e. The number of rotatable bonds is 4. The largest absolute Gasteiger partial charge is 0.326 e. The van der Waals surface area contributed by atoms with Crippen LogP contribution in [0.5, 0.6) is 0 Å². The summed E-state index contributed by atoms with van der Waals surface area (Å²) >= 11 is 1.31. The Hall–Kier alpha value is -0.430. The van der Waals surface area contributed by atoms with Gasteiger partial charge in [-0.05, 0) is 31.4 Å². The Morgan fingerprint density at radius 1 is 1.30 bits per heavy atom. The van der Waals surface area contributed by atoms with E-state index in [4.69, 9.17) is 5.73 Å². The minimum Gasteiger partial charge on any atom is -0.326 e. The van der Waals surface area contributed by atoms with E-state index in [0.29, 0.717) is 10.8 Å². The molecule has 0 bridgehead atoms. The molecule has 4 nitrogen and oxygen atoms in total. The van der Waals surface area contributed by atoms with Crippen LogP contribution in [0, 0.1) is 6.92 Å². The lowest BCUT2D eigenvalue weighted by Crippen LogP contribution is -2.36. The van der Waals surface area contributed by atoms with Crippen LogP contribution in [0.15, 0.2) is 10.3 Å². The van der Waals surface area contributed by atoms with E-state index in [1.54, 1.807) is 17.4 Å². The second kappa shape index (κ2) is 6.56. The van der Waals surface area contributed by atoms with Gasteiger partial charge in [0.25, 0.3) is 10.0 Å². The van der Waals surface area contributed by atoms with E-state index in [1.165, 1.54) is 24.2 Å². The molecule has 0 amide bonds.